The van der Waals surface area contributed by atoms with E-state index in [0.717, 1.165) is 22.5 Å². The van der Waals surface area contributed by atoms with Gasteiger partial charge < -0.3 is 5.32 Å². The van der Waals surface area contributed by atoms with Gasteiger partial charge >= 0.3 is 0 Å². The average Bonchev–Trinajstić information content (AvgIpc) is 3.10. The van der Waals surface area contributed by atoms with E-state index in [-0.39, 0.29) is 0 Å². The molecule has 0 bridgehead atoms. The van der Waals surface area contributed by atoms with Gasteiger partial charge in [0.05, 0.1) is 11.9 Å². The van der Waals surface area contributed by atoms with Crippen LogP contribution in [0.15, 0.2) is 67.3 Å². The van der Waals surface area contributed by atoms with Crippen molar-refractivity contribution < 1.29 is 0 Å². The van der Waals surface area contributed by atoms with Crippen LogP contribution >= 0.6 is 0 Å². The van der Waals surface area contributed by atoms with Crippen LogP contribution in [0.1, 0.15) is 5.56 Å². The highest BCUT2D eigenvalue weighted by molar-refractivity contribution is 5.59. The van der Waals surface area contributed by atoms with E-state index in [1.165, 1.54) is 6.33 Å². The summed E-state index contributed by atoms with van der Waals surface area (Å²) in [5.74, 6) is 0.675. The van der Waals surface area contributed by atoms with Gasteiger partial charge in [-0.25, -0.2) is 9.97 Å². The van der Waals surface area contributed by atoms with Crippen LogP contribution in [0.3, 0.4) is 0 Å². The Morgan fingerprint density at radius 3 is 2.61 bits per heavy atom. The van der Waals surface area contributed by atoms with Crippen molar-refractivity contribution in [1.29, 1.82) is 0 Å². The van der Waals surface area contributed by atoms with Crippen molar-refractivity contribution in [1.82, 2.24) is 24.6 Å². The smallest absolute Gasteiger partial charge is 0.227 e. The summed E-state index contributed by atoms with van der Waals surface area (Å²) in [4.78, 5) is 12.7. The monoisotopic (exact) mass is 302 g/mol. The molecule has 0 aliphatic heterocycles. The minimum absolute atomic E-state index is 0.661. The fraction of sp³-hybridized carbons (Fsp3) is 0.0588. The van der Waals surface area contributed by atoms with Crippen molar-refractivity contribution in [3.8, 4) is 11.3 Å². The van der Waals surface area contributed by atoms with Crippen LogP contribution in [0.25, 0.3) is 16.9 Å². The number of hydrogen-bond donors (Lipinski definition) is 1. The second-order valence-corrected chi connectivity index (χ2v) is 5.06. The van der Waals surface area contributed by atoms with Crippen LogP contribution < -0.4 is 5.32 Å². The van der Waals surface area contributed by atoms with E-state index in [9.17, 15) is 0 Å². The zero-order chi connectivity index (χ0) is 15.5. The maximum atomic E-state index is 4.36. The first-order valence-corrected chi connectivity index (χ1v) is 7.29. The topological polar surface area (TPSA) is 68.0 Å². The molecular weight excluding hydrogens is 288 g/mol. The lowest BCUT2D eigenvalue weighted by atomic mass is 10.1. The molecule has 0 amide bonds. The Balaban J connectivity index is 1.50. The van der Waals surface area contributed by atoms with E-state index in [1.807, 2.05) is 24.3 Å². The van der Waals surface area contributed by atoms with Gasteiger partial charge in [0, 0.05) is 24.4 Å². The third-order valence-electron chi connectivity index (χ3n) is 3.56. The van der Waals surface area contributed by atoms with E-state index in [2.05, 4.69) is 49.6 Å². The van der Waals surface area contributed by atoms with Crippen LogP contribution in [-0.4, -0.2) is 24.6 Å². The molecule has 6 nitrogen and oxygen atoms in total. The number of pyridine rings is 1. The molecule has 4 rings (SSSR count). The molecule has 0 saturated heterocycles. The fourth-order valence-corrected chi connectivity index (χ4v) is 2.38. The van der Waals surface area contributed by atoms with Crippen LogP contribution in [-0.2, 0) is 6.54 Å². The SMILES string of the molecule is c1ccc(-c2ccc(CNc3ncnc4ccnn34)cc2)nc1. The van der Waals surface area contributed by atoms with Crippen LogP contribution in [0.4, 0.5) is 5.95 Å². The predicted octanol–water partition coefficient (Wildman–Crippen LogP) is 2.80. The van der Waals surface area contributed by atoms with Gasteiger partial charge in [-0.1, -0.05) is 30.3 Å². The summed E-state index contributed by atoms with van der Waals surface area (Å²) in [6.45, 7) is 0.661. The first-order chi connectivity index (χ1) is 11.4. The summed E-state index contributed by atoms with van der Waals surface area (Å²) in [6, 6.07) is 16.1. The highest BCUT2D eigenvalue weighted by Gasteiger charge is 2.03. The normalized spacial score (nSPS) is 10.8. The summed E-state index contributed by atoms with van der Waals surface area (Å²) in [5.41, 5.74) is 4.00. The Kier molecular flexibility index (Phi) is 3.40. The Morgan fingerprint density at radius 2 is 1.78 bits per heavy atom. The van der Waals surface area contributed by atoms with Gasteiger partial charge in [-0.05, 0) is 17.7 Å². The second-order valence-electron chi connectivity index (χ2n) is 5.06. The van der Waals surface area contributed by atoms with Gasteiger partial charge in [0.15, 0.2) is 5.65 Å². The van der Waals surface area contributed by atoms with Crippen LogP contribution in [0.2, 0.25) is 0 Å². The quantitative estimate of drug-likeness (QED) is 0.628. The molecule has 1 N–H and O–H groups in total. The highest BCUT2D eigenvalue weighted by Crippen LogP contribution is 2.17. The number of nitrogens with zero attached hydrogens (tertiary/aromatic N) is 5. The fourth-order valence-electron chi connectivity index (χ4n) is 2.38. The third kappa shape index (κ3) is 2.74. The predicted molar refractivity (Wildman–Crippen MR) is 87.8 cm³/mol. The first kappa shape index (κ1) is 13.4. The van der Waals surface area contributed by atoms with Crippen molar-refractivity contribution >= 4 is 11.6 Å². The van der Waals surface area contributed by atoms with Crippen molar-refractivity contribution in [2.24, 2.45) is 0 Å². The van der Waals surface area contributed by atoms with Gasteiger partial charge in [-0.2, -0.15) is 9.61 Å². The van der Waals surface area contributed by atoms with Crippen LogP contribution in [0.5, 0.6) is 0 Å². The molecule has 0 radical (unpaired) electrons. The molecule has 3 heterocycles. The zero-order valence-electron chi connectivity index (χ0n) is 12.3. The summed E-state index contributed by atoms with van der Waals surface area (Å²) >= 11 is 0. The lowest BCUT2D eigenvalue weighted by Gasteiger charge is -2.07. The molecule has 0 aliphatic rings. The Bertz CT molecular complexity index is 915. The summed E-state index contributed by atoms with van der Waals surface area (Å²) in [6.07, 6.45) is 5.04. The maximum Gasteiger partial charge on any atom is 0.227 e. The summed E-state index contributed by atoms with van der Waals surface area (Å²) < 4.78 is 1.68. The lowest BCUT2D eigenvalue weighted by molar-refractivity contribution is 0.881. The van der Waals surface area contributed by atoms with Gasteiger partial charge in [0.2, 0.25) is 5.95 Å². The molecule has 0 spiro atoms. The molecule has 4 aromatic rings. The van der Waals surface area contributed by atoms with Crippen molar-refractivity contribution in [2.45, 2.75) is 6.54 Å². The number of anilines is 1. The van der Waals surface area contributed by atoms with E-state index >= 15 is 0 Å². The van der Waals surface area contributed by atoms with Gasteiger partial charge in [0.25, 0.3) is 0 Å². The number of fused-ring (bicyclic) bond motifs is 1. The second kappa shape index (κ2) is 5.84. The molecule has 112 valence electrons. The molecule has 0 saturated carbocycles. The van der Waals surface area contributed by atoms with E-state index < -0.39 is 0 Å². The Labute approximate surface area is 132 Å². The summed E-state index contributed by atoms with van der Waals surface area (Å²) in [5, 5.41) is 7.49. The van der Waals surface area contributed by atoms with Crippen molar-refractivity contribution in [3.05, 3.63) is 72.8 Å². The first-order valence-electron chi connectivity index (χ1n) is 7.29. The van der Waals surface area contributed by atoms with Gasteiger partial charge in [-0.3, -0.25) is 4.98 Å². The van der Waals surface area contributed by atoms with E-state index in [0.29, 0.717) is 12.5 Å². The molecule has 0 atom stereocenters. The van der Waals surface area contributed by atoms with Gasteiger partial charge in [-0.15, -0.1) is 0 Å². The molecule has 0 fully saturated rings. The largest absolute Gasteiger partial charge is 0.350 e. The number of hydrogen-bond acceptors (Lipinski definition) is 5. The minimum Gasteiger partial charge on any atom is -0.350 e. The number of aromatic nitrogens is 5. The number of benzene rings is 1. The molecule has 1 aromatic carbocycles. The van der Waals surface area contributed by atoms with Crippen molar-refractivity contribution in [2.75, 3.05) is 5.32 Å². The highest BCUT2D eigenvalue weighted by atomic mass is 15.3. The standard InChI is InChI=1S/C17H14N6/c1-2-9-18-15(3-1)14-6-4-13(5-7-14)11-19-17-21-12-20-16-8-10-22-23(16)17/h1-10,12H,11H2,(H,19,20,21). The average molecular weight is 302 g/mol. The van der Waals surface area contributed by atoms with E-state index in [4.69, 9.17) is 0 Å². The minimum atomic E-state index is 0.661. The van der Waals surface area contributed by atoms with Crippen LogP contribution in [0, 0.1) is 0 Å². The van der Waals surface area contributed by atoms with Gasteiger partial charge in [0.1, 0.15) is 6.33 Å². The lowest BCUT2D eigenvalue weighted by Crippen LogP contribution is -2.07. The molecule has 6 heteroatoms. The van der Waals surface area contributed by atoms with E-state index in [1.54, 1.807) is 16.9 Å². The Hall–Kier alpha value is -3.28. The summed E-state index contributed by atoms with van der Waals surface area (Å²) in [7, 11) is 0. The third-order valence-corrected chi connectivity index (χ3v) is 3.56. The molecule has 3 aromatic heterocycles. The maximum absolute atomic E-state index is 4.36. The number of rotatable bonds is 4. The van der Waals surface area contributed by atoms with Crippen molar-refractivity contribution in [3.63, 3.8) is 0 Å². The molecular formula is C17H14N6. The molecule has 0 aliphatic carbocycles. The zero-order valence-corrected chi connectivity index (χ0v) is 12.3. The number of nitrogens with one attached hydrogen (secondary N) is 1. The Morgan fingerprint density at radius 1 is 0.870 bits per heavy atom. The molecule has 23 heavy (non-hydrogen) atoms. The molecule has 0 unspecified atom stereocenters.